The lowest BCUT2D eigenvalue weighted by atomic mass is 10.0. The van der Waals surface area contributed by atoms with Crippen LogP contribution in [0.5, 0.6) is 5.75 Å². The van der Waals surface area contributed by atoms with E-state index in [1.54, 1.807) is 0 Å². The van der Waals surface area contributed by atoms with E-state index in [1.807, 2.05) is 0 Å². The molecule has 0 saturated heterocycles. The number of nitrogens with zero attached hydrogens (tertiary/aromatic N) is 3. The number of aromatic nitrogens is 3. The van der Waals surface area contributed by atoms with Gasteiger partial charge in [0.1, 0.15) is 17.4 Å². The van der Waals surface area contributed by atoms with Crippen molar-refractivity contribution in [1.82, 2.24) is 19.9 Å². The van der Waals surface area contributed by atoms with Crippen molar-refractivity contribution in [3.63, 3.8) is 0 Å². The summed E-state index contributed by atoms with van der Waals surface area (Å²) in [6.45, 7) is 2.60. The number of carbonyl (C=O) groups excluding carboxylic acids is 2. The number of nitrogens with one attached hydrogen (secondary N) is 2. The molecule has 0 aliphatic rings. The second kappa shape index (κ2) is 10.2. The highest BCUT2D eigenvalue weighted by Crippen LogP contribution is 2.31. The van der Waals surface area contributed by atoms with Gasteiger partial charge in [-0.1, -0.05) is 11.6 Å². The fourth-order valence-corrected chi connectivity index (χ4v) is 3.85. The van der Waals surface area contributed by atoms with Gasteiger partial charge >= 0.3 is 6.36 Å². The first-order valence-electron chi connectivity index (χ1n) is 10.8. The van der Waals surface area contributed by atoms with Crippen LogP contribution < -0.4 is 15.4 Å². The molecule has 38 heavy (non-hydrogen) atoms. The maximum atomic E-state index is 15.5. The van der Waals surface area contributed by atoms with Crippen LogP contribution in [0.1, 0.15) is 35.8 Å². The number of rotatable bonds is 6. The van der Waals surface area contributed by atoms with Gasteiger partial charge in [0.05, 0.1) is 28.5 Å². The van der Waals surface area contributed by atoms with Crippen LogP contribution in [0.3, 0.4) is 0 Å². The molecule has 2 heterocycles. The Morgan fingerprint density at radius 3 is 2.53 bits per heavy atom. The topological polar surface area (TPSA) is 97.6 Å². The van der Waals surface area contributed by atoms with Crippen LogP contribution in [-0.4, -0.2) is 32.8 Å². The SMILES string of the molecule is CC(=O)Nc1cn2nc(-c3ccc(Cl)c(C(=O)N[C@H](C)c4cc(OC(F)(F)F)ccc4F)c3F)ccc2n1. The summed E-state index contributed by atoms with van der Waals surface area (Å²) in [4.78, 5) is 28.4. The molecule has 0 bridgehead atoms. The first-order chi connectivity index (χ1) is 17.8. The fraction of sp³-hybridized carbons (Fsp3) is 0.167. The van der Waals surface area contributed by atoms with Crippen molar-refractivity contribution >= 4 is 34.9 Å². The maximum Gasteiger partial charge on any atom is 0.573 e. The normalized spacial score (nSPS) is 12.3. The molecule has 2 aromatic carbocycles. The Hall–Kier alpha value is -4.26. The second-order valence-corrected chi connectivity index (χ2v) is 8.45. The summed E-state index contributed by atoms with van der Waals surface area (Å²) in [6.07, 6.45) is -3.59. The van der Waals surface area contributed by atoms with E-state index in [9.17, 15) is 27.2 Å². The number of anilines is 1. The van der Waals surface area contributed by atoms with Crippen LogP contribution in [0.4, 0.5) is 27.8 Å². The molecule has 0 radical (unpaired) electrons. The van der Waals surface area contributed by atoms with Crippen molar-refractivity contribution in [3.8, 4) is 17.0 Å². The van der Waals surface area contributed by atoms with E-state index in [4.69, 9.17) is 11.6 Å². The van der Waals surface area contributed by atoms with E-state index in [0.717, 1.165) is 18.2 Å². The lowest BCUT2D eigenvalue weighted by Crippen LogP contribution is -2.28. The molecule has 0 saturated carbocycles. The number of halogens is 6. The molecule has 0 spiro atoms. The number of imidazole rings is 1. The van der Waals surface area contributed by atoms with Crippen molar-refractivity contribution in [3.05, 3.63) is 76.4 Å². The third-order valence-corrected chi connectivity index (χ3v) is 5.55. The number of hydrogen-bond acceptors (Lipinski definition) is 5. The first-order valence-corrected chi connectivity index (χ1v) is 11.2. The Morgan fingerprint density at radius 2 is 1.84 bits per heavy atom. The number of hydrogen-bond donors (Lipinski definition) is 2. The van der Waals surface area contributed by atoms with Crippen LogP contribution in [0, 0.1) is 11.6 Å². The molecule has 2 N–H and O–H groups in total. The van der Waals surface area contributed by atoms with Crippen LogP contribution in [0.2, 0.25) is 5.02 Å². The Labute approximate surface area is 216 Å². The van der Waals surface area contributed by atoms with Crippen molar-refractivity contribution in [2.24, 2.45) is 0 Å². The smallest absolute Gasteiger partial charge is 0.406 e. The molecule has 0 aliphatic heterocycles. The molecule has 0 fully saturated rings. The standard InChI is InChI=1S/C24H17ClF5N5O3/c1-11(15-9-13(3-6-17(15)26)38-24(28,29)30)31-23(37)21-16(25)5-4-14(22(21)27)18-7-8-20-33-19(32-12(2)36)10-35(20)34-18/h3-11H,1-2H3,(H,31,37)(H,32,36)/t11-/m1/s1. The molecular weight excluding hydrogens is 537 g/mol. The summed E-state index contributed by atoms with van der Waals surface area (Å²) in [5.41, 5.74) is -0.544. The number of fused-ring (bicyclic) bond motifs is 1. The third kappa shape index (κ3) is 5.83. The van der Waals surface area contributed by atoms with Gasteiger partial charge in [-0.25, -0.2) is 18.3 Å². The molecule has 0 unspecified atom stereocenters. The molecule has 8 nitrogen and oxygen atoms in total. The molecular formula is C24H17ClF5N5O3. The van der Waals surface area contributed by atoms with Crippen LogP contribution >= 0.6 is 11.6 Å². The summed E-state index contributed by atoms with van der Waals surface area (Å²) < 4.78 is 72.6. The van der Waals surface area contributed by atoms with Gasteiger partial charge in [0.15, 0.2) is 11.5 Å². The number of carbonyl (C=O) groups is 2. The molecule has 4 rings (SSSR count). The maximum absolute atomic E-state index is 15.5. The lowest BCUT2D eigenvalue weighted by Gasteiger charge is -2.18. The number of ether oxygens (including phenoxy) is 1. The predicted molar refractivity (Wildman–Crippen MR) is 127 cm³/mol. The molecule has 4 aromatic rings. The highest BCUT2D eigenvalue weighted by molar-refractivity contribution is 6.34. The predicted octanol–water partition coefficient (Wildman–Crippen LogP) is 5.68. The minimum Gasteiger partial charge on any atom is -0.406 e. The van der Waals surface area contributed by atoms with Crippen LogP contribution in [0.25, 0.3) is 16.9 Å². The van der Waals surface area contributed by atoms with Gasteiger partial charge in [-0.05, 0) is 49.4 Å². The van der Waals surface area contributed by atoms with Crippen molar-refractivity contribution < 1.29 is 36.3 Å². The largest absolute Gasteiger partial charge is 0.573 e. The second-order valence-electron chi connectivity index (χ2n) is 8.04. The highest BCUT2D eigenvalue weighted by Gasteiger charge is 2.32. The number of alkyl halides is 3. The quantitative estimate of drug-likeness (QED) is 0.300. The van der Waals surface area contributed by atoms with E-state index in [1.165, 1.54) is 48.8 Å². The van der Waals surface area contributed by atoms with E-state index in [2.05, 4.69) is 25.5 Å². The van der Waals surface area contributed by atoms with Gasteiger partial charge in [-0.3, -0.25) is 9.59 Å². The molecule has 2 amide bonds. The zero-order valence-electron chi connectivity index (χ0n) is 19.5. The third-order valence-electron chi connectivity index (χ3n) is 5.23. The molecule has 0 aliphatic carbocycles. The van der Waals surface area contributed by atoms with Gasteiger partial charge in [0.2, 0.25) is 5.91 Å². The average Bonchev–Trinajstić information content (AvgIpc) is 3.20. The lowest BCUT2D eigenvalue weighted by molar-refractivity contribution is -0.274. The number of benzene rings is 2. The summed E-state index contributed by atoms with van der Waals surface area (Å²) in [6, 6.07) is 6.65. The van der Waals surface area contributed by atoms with E-state index in [-0.39, 0.29) is 33.6 Å². The Balaban J connectivity index is 1.63. The molecule has 198 valence electrons. The van der Waals surface area contributed by atoms with Crippen LogP contribution in [0.15, 0.2) is 48.7 Å². The highest BCUT2D eigenvalue weighted by atomic mass is 35.5. The average molecular weight is 554 g/mol. The summed E-state index contributed by atoms with van der Waals surface area (Å²) in [5, 5.41) is 8.83. The van der Waals surface area contributed by atoms with Gasteiger partial charge in [0.25, 0.3) is 5.91 Å². The van der Waals surface area contributed by atoms with Crippen molar-refractivity contribution in [2.75, 3.05) is 5.32 Å². The van der Waals surface area contributed by atoms with E-state index < -0.39 is 41.3 Å². The van der Waals surface area contributed by atoms with Crippen molar-refractivity contribution in [1.29, 1.82) is 0 Å². The first kappa shape index (κ1) is 26.8. The minimum absolute atomic E-state index is 0.101. The van der Waals surface area contributed by atoms with E-state index >= 15 is 4.39 Å². The minimum atomic E-state index is -5.00. The fourth-order valence-electron chi connectivity index (χ4n) is 3.62. The molecule has 14 heteroatoms. The monoisotopic (exact) mass is 553 g/mol. The van der Waals surface area contributed by atoms with Gasteiger partial charge in [0, 0.05) is 18.1 Å². The Kier molecular flexibility index (Phi) is 7.22. The molecule has 1 atom stereocenters. The zero-order valence-corrected chi connectivity index (χ0v) is 20.3. The Morgan fingerprint density at radius 1 is 1.11 bits per heavy atom. The summed E-state index contributed by atoms with van der Waals surface area (Å²) >= 11 is 6.09. The number of amides is 2. The summed E-state index contributed by atoms with van der Waals surface area (Å²) in [7, 11) is 0. The van der Waals surface area contributed by atoms with Crippen LogP contribution in [-0.2, 0) is 4.79 Å². The summed E-state index contributed by atoms with van der Waals surface area (Å²) in [5.74, 6) is -3.80. The van der Waals surface area contributed by atoms with Gasteiger partial charge in [-0.15, -0.1) is 13.2 Å². The van der Waals surface area contributed by atoms with Crippen molar-refractivity contribution in [2.45, 2.75) is 26.3 Å². The van der Waals surface area contributed by atoms with Gasteiger partial charge in [-0.2, -0.15) is 5.10 Å². The van der Waals surface area contributed by atoms with E-state index in [0.29, 0.717) is 5.65 Å². The Bertz CT molecular complexity index is 1560. The van der Waals surface area contributed by atoms with Gasteiger partial charge < -0.3 is 15.4 Å². The molecule has 2 aromatic heterocycles. The zero-order chi connectivity index (χ0) is 27.8.